The first-order chi connectivity index (χ1) is 8.68. The van der Waals surface area contributed by atoms with E-state index in [-0.39, 0.29) is 0 Å². The third-order valence-corrected chi connectivity index (χ3v) is 3.94. The predicted molar refractivity (Wildman–Crippen MR) is 75.6 cm³/mol. The zero-order chi connectivity index (χ0) is 12.8. The van der Waals surface area contributed by atoms with E-state index >= 15 is 0 Å². The fourth-order valence-corrected chi connectivity index (χ4v) is 2.77. The summed E-state index contributed by atoms with van der Waals surface area (Å²) in [5, 5.41) is 3.44. The van der Waals surface area contributed by atoms with Crippen LogP contribution in [0.4, 0.5) is 0 Å². The summed E-state index contributed by atoms with van der Waals surface area (Å²) >= 11 is 0. The smallest absolute Gasteiger partial charge is 0.0416 e. The first kappa shape index (κ1) is 13.5. The van der Waals surface area contributed by atoms with Gasteiger partial charge in [0.05, 0.1) is 0 Å². The number of nitrogens with zero attached hydrogens (tertiary/aromatic N) is 2. The third kappa shape index (κ3) is 4.07. The Balaban J connectivity index is 1.76. The largest absolute Gasteiger partial charge is 0.317 e. The number of rotatable bonds is 5. The SMILES string of the molecule is CN(CCc1ccccn1)CC1(C)CCNCC1. The molecule has 1 N–H and O–H groups in total. The number of pyridine rings is 1. The van der Waals surface area contributed by atoms with Crippen molar-refractivity contribution in [2.75, 3.05) is 33.2 Å². The number of hydrogen-bond acceptors (Lipinski definition) is 3. The van der Waals surface area contributed by atoms with Crippen molar-refractivity contribution in [2.24, 2.45) is 5.41 Å². The van der Waals surface area contributed by atoms with Crippen LogP contribution in [-0.4, -0.2) is 43.1 Å². The number of piperidine rings is 1. The van der Waals surface area contributed by atoms with E-state index in [1.165, 1.54) is 38.2 Å². The fourth-order valence-electron chi connectivity index (χ4n) is 2.77. The van der Waals surface area contributed by atoms with Gasteiger partial charge in [-0.15, -0.1) is 0 Å². The van der Waals surface area contributed by atoms with Gasteiger partial charge in [-0.05, 0) is 50.5 Å². The van der Waals surface area contributed by atoms with Crippen molar-refractivity contribution < 1.29 is 0 Å². The molecule has 0 unspecified atom stereocenters. The Morgan fingerprint density at radius 2 is 2.11 bits per heavy atom. The summed E-state index contributed by atoms with van der Waals surface area (Å²) in [5.74, 6) is 0. The second-order valence-electron chi connectivity index (χ2n) is 5.87. The molecule has 1 aliphatic heterocycles. The standard InChI is InChI=1S/C15H25N3/c1-15(7-10-16-11-8-15)13-18(2)12-6-14-5-3-4-9-17-14/h3-5,9,16H,6-8,10-13H2,1-2H3. The maximum Gasteiger partial charge on any atom is 0.0416 e. The highest BCUT2D eigenvalue weighted by Crippen LogP contribution is 2.28. The molecule has 18 heavy (non-hydrogen) atoms. The number of nitrogens with one attached hydrogen (secondary N) is 1. The van der Waals surface area contributed by atoms with Gasteiger partial charge in [-0.25, -0.2) is 0 Å². The Bertz CT molecular complexity index is 344. The van der Waals surface area contributed by atoms with Gasteiger partial charge in [0.15, 0.2) is 0 Å². The number of likely N-dealkylation sites (N-methyl/N-ethyl adjacent to an activating group) is 1. The Morgan fingerprint density at radius 1 is 1.33 bits per heavy atom. The molecule has 1 aromatic rings. The van der Waals surface area contributed by atoms with Gasteiger partial charge in [-0.1, -0.05) is 13.0 Å². The molecule has 3 nitrogen and oxygen atoms in total. The number of aromatic nitrogens is 1. The minimum Gasteiger partial charge on any atom is -0.317 e. The first-order valence-electron chi connectivity index (χ1n) is 6.97. The summed E-state index contributed by atoms with van der Waals surface area (Å²) in [7, 11) is 2.23. The highest BCUT2D eigenvalue weighted by atomic mass is 15.1. The van der Waals surface area contributed by atoms with Gasteiger partial charge >= 0.3 is 0 Å². The van der Waals surface area contributed by atoms with Crippen LogP contribution in [0.5, 0.6) is 0 Å². The van der Waals surface area contributed by atoms with E-state index in [0.29, 0.717) is 5.41 Å². The van der Waals surface area contributed by atoms with Gasteiger partial charge in [0.1, 0.15) is 0 Å². The average Bonchev–Trinajstić information content (AvgIpc) is 2.38. The Morgan fingerprint density at radius 3 is 2.78 bits per heavy atom. The molecule has 3 heteroatoms. The quantitative estimate of drug-likeness (QED) is 0.862. The zero-order valence-corrected chi connectivity index (χ0v) is 11.7. The molecular weight excluding hydrogens is 222 g/mol. The maximum absolute atomic E-state index is 4.38. The van der Waals surface area contributed by atoms with Crippen LogP contribution in [0.2, 0.25) is 0 Å². The Labute approximate surface area is 111 Å². The molecule has 0 spiro atoms. The Kier molecular flexibility index (Phi) is 4.72. The van der Waals surface area contributed by atoms with E-state index in [2.05, 4.69) is 41.3 Å². The van der Waals surface area contributed by atoms with Gasteiger partial charge in [-0.2, -0.15) is 0 Å². The monoisotopic (exact) mass is 247 g/mol. The molecule has 1 aromatic heterocycles. The van der Waals surface area contributed by atoms with E-state index in [9.17, 15) is 0 Å². The molecule has 100 valence electrons. The summed E-state index contributed by atoms with van der Waals surface area (Å²) < 4.78 is 0. The maximum atomic E-state index is 4.38. The normalized spacial score (nSPS) is 19.1. The van der Waals surface area contributed by atoms with E-state index in [1.807, 2.05) is 12.3 Å². The fraction of sp³-hybridized carbons (Fsp3) is 0.667. The molecule has 0 aromatic carbocycles. The molecule has 2 rings (SSSR count). The summed E-state index contributed by atoms with van der Waals surface area (Å²) in [6.45, 7) is 7.06. The third-order valence-electron chi connectivity index (χ3n) is 3.94. The van der Waals surface area contributed by atoms with Crippen molar-refractivity contribution in [1.82, 2.24) is 15.2 Å². The lowest BCUT2D eigenvalue weighted by Crippen LogP contribution is -2.42. The van der Waals surface area contributed by atoms with E-state index < -0.39 is 0 Å². The molecule has 1 aliphatic rings. The molecule has 0 aliphatic carbocycles. The van der Waals surface area contributed by atoms with Crippen molar-refractivity contribution in [3.05, 3.63) is 30.1 Å². The molecule has 0 amide bonds. The summed E-state index contributed by atoms with van der Waals surface area (Å²) in [6.07, 6.45) is 5.51. The summed E-state index contributed by atoms with van der Waals surface area (Å²) in [5.41, 5.74) is 1.68. The zero-order valence-electron chi connectivity index (χ0n) is 11.7. The second kappa shape index (κ2) is 6.30. The molecule has 1 saturated heterocycles. The second-order valence-corrected chi connectivity index (χ2v) is 5.87. The van der Waals surface area contributed by atoms with Crippen molar-refractivity contribution >= 4 is 0 Å². The average molecular weight is 247 g/mol. The van der Waals surface area contributed by atoms with E-state index in [1.54, 1.807) is 0 Å². The summed E-state index contributed by atoms with van der Waals surface area (Å²) in [4.78, 5) is 6.84. The highest BCUT2D eigenvalue weighted by molar-refractivity contribution is 5.03. The van der Waals surface area contributed by atoms with Crippen molar-refractivity contribution in [3.8, 4) is 0 Å². The van der Waals surface area contributed by atoms with Crippen LogP contribution in [0.25, 0.3) is 0 Å². The van der Waals surface area contributed by atoms with Gasteiger partial charge in [-0.3, -0.25) is 4.98 Å². The number of hydrogen-bond donors (Lipinski definition) is 1. The predicted octanol–water partition coefficient (Wildman–Crippen LogP) is 1.95. The van der Waals surface area contributed by atoms with Crippen LogP contribution in [0.3, 0.4) is 0 Å². The van der Waals surface area contributed by atoms with E-state index in [4.69, 9.17) is 0 Å². The van der Waals surface area contributed by atoms with Crippen LogP contribution in [0.1, 0.15) is 25.5 Å². The molecule has 1 fully saturated rings. The lowest BCUT2D eigenvalue weighted by atomic mass is 9.80. The lowest BCUT2D eigenvalue weighted by Gasteiger charge is -2.37. The van der Waals surface area contributed by atoms with Crippen molar-refractivity contribution in [1.29, 1.82) is 0 Å². The van der Waals surface area contributed by atoms with Crippen LogP contribution >= 0.6 is 0 Å². The van der Waals surface area contributed by atoms with E-state index in [0.717, 1.165) is 13.0 Å². The minimum absolute atomic E-state index is 0.490. The molecule has 0 atom stereocenters. The lowest BCUT2D eigenvalue weighted by molar-refractivity contribution is 0.148. The topological polar surface area (TPSA) is 28.2 Å². The van der Waals surface area contributed by atoms with Gasteiger partial charge in [0.25, 0.3) is 0 Å². The van der Waals surface area contributed by atoms with Crippen molar-refractivity contribution in [2.45, 2.75) is 26.2 Å². The highest BCUT2D eigenvalue weighted by Gasteiger charge is 2.27. The molecular formula is C15H25N3. The molecule has 0 radical (unpaired) electrons. The van der Waals surface area contributed by atoms with Crippen LogP contribution in [-0.2, 0) is 6.42 Å². The van der Waals surface area contributed by atoms with Gasteiger partial charge < -0.3 is 10.2 Å². The van der Waals surface area contributed by atoms with Crippen molar-refractivity contribution in [3.63, 3.8) is 0 Å². The van der Waals surface area contributed by atoms with Gasteiger partial charge in [0, 0.05) is 31.4 Å². The Hall–Kier alpha value is -0.930. The molecule has 2 heterocycles. The molecule has 0 bridgehead atoms. The first-order valence-corrected chi connectivity index (χ1v) is 6.97. The minimum atomic E-state index is 0.490. The summed E-state index contributed by atoms with van der Waals surface area (Å²) in [6, 6.07) is 6.15. The van der Waals surface area contributed by atoms with Crippen LogP contribution in [0.15, 0.2) is 24.4 Å². The van der Waals surface area contributed by atoms with Crippen LogP contribution in [0, 0.1) is 5.41 Å². The van der Waals surface area contributed by atoms with Crippen LogP contribution < -0.4 is 5.32 Å². The van der Waals surface area contributed by atoms with Gasteiger partial charge in [0.2, 0.25) is 0 Å². The molecule has 0 saturated carbocycles.